The van der Waals surface area contributed by atoms with E-state index in [2.05, 4.69) is 32.2 Å². The highest BCUT2D eigenvalue weighted by Crippen LogP contribution is 2.26. The van der Waals surface area contributed by atoms with Crippen molar-refractivity contribution in [1.82, 2.24) is 20.1 Å². The van der Waals surface area contributed by atoms with Gasteiger partial charge in [0.25, 0.3) is 5.91 Å². The molecule has 1 saturated heterocycles. The average molecular weight is 357 g/mol. The number of hydrogen-bond donors (Lipinski definition) is 1. The summed E-state index contributed by atoms with van der Waals surface area (Å²) in [5.74, 6) is 0.0706. The van der Waals surface area contributed by atoms with Gasteiger partial charge in [0.15, 0.2) is 0 Å². The van der Waals surface area contributed by atoms with Crippen LogP contribution in [0.2, 0.25) is 0 Å². The number of benzene rings is 2. The molecular formula is C21H19N5O. The Kier molecular flexibility index (Phi) is 3.74. The fraction of sp³-hybridized carbons (Fsp3) is 0.190. The first-order chi connectivity index (χ1) is 13.3. The van der Waals surface area contributed by atoms with Crippen molar-refractivity contribution in [3.63, 3.8) is 0 Å². The van der Waals surface area contributed by atoms with Crippen molar-refractivity contribution >= 4 is 33.4 Å². The topological polar surface area (TPSA) is 65.1 Å². The Morgan fingerprint density at radius 3 is 2.67 bits per heavy atom. The van der Waals surface area contributed by atoms with E-state index in [0.717, 1.165) is 34.9 Å². The van der Waals surface area contributed by atoms with Crippen molar-refractivity contribution in [3.05, 3.63) is 66.5 Å². The molecule has 1 aliphatic rings. The predicted octanol–water partition coefficient (Wildman–Crippen LogP) is 3.07. The van der Waals surface area contributed by atoms with Gasteiger partial charge in [0.1, 0.15) is 0 Å². The maximum atomic E-state index is 13.0. The average Bonchev–Trinajstić information content (AvgIpc) is 3.22. The molecule has 6 nitrogen and oxygen atoms in total. The zero-order valence-electron chi connectivity index (χ0n) is 14.8. The van der Waals surface area contributed by atoms with E-state index in [4.69, 9.17) is 0 Å². The van der Waals surface area contributed by atoms with Crippen LogP contribution < -0.4 is 4.90 Å². The lowest BCUT2D eigenvalue weighted by Gasteiger charge is -2.36. The first-order valence-corrected chi connectivity index (χ1v) is 9.11. The molecule has 0 aliphatic carbocycles. The standard InChI is InChI=1S/C21H19N5O/c27-21(15-5-3-7-19-17(15)14-23-24-19)26-12-10-25(11-13-26)20-8-9-22-18-6-2-1-4-16(18)20/h1-9,14H,10-13H2,(H,23,24). The van der Waals surface area contributed by atoms with Gasteiger partial charge in [-0.3, -0.25) is 14.9 Å². The normalized spacial score (nSPS) is 14.8. The van der Waals surface area contributed by atoms with Crippen LogP contribution in [-0.2, 0) is 0 Å². The molecule has 5 rings (SSSR count). The maximum absolute atomic E-state index is 13.0. The number of carbonyl (C=O) groups is 1. The highest BCUT2D eigenvalue weighted by Gasteiger charge is 2.24. The van der Waals surface area contributed by atoms with Crippen LogP contribution in [0.25, 0.3) is 21.8 Å². The molecule has 1 fully saturated rings. The molecule has 3 heterocycles. The number of pyridine rings is 1. The molecule has 2 aromatic heterocycles. The predicted molar refractivity (Wildman–Crippen MR) is 106 cm³/mol. The second-order valence-corrected chi connectivity index (χ2v) is 6.76. The molecule has 1 amide bonds. The number of H-pyrrole nitrogens is 1. The molecule has 6 heteroatoms. The Morgan fingerprint density at radius 1 is 0.926 bits per heavy atom. The number of nitrogens with zero attached hydrogens (tertiary/aromatic N) is 4. The number of aromatic amines is 1. The van der Waals surface area contributed by atoms with Crippen LogP contribution in [0.15, 0.2) is 60.9 Å². The quantitative estimate of drug-likeness (QED) is 0.599. The zero-order chi connectivity index (χ0) is 18.2. The second-order valence-electron chi connectivity index (χ2n) is 6.76. The summed E-state index contributed by atoms with van der Waals surface area (Å²) >= 11 is 0. The van der Waals surface area contributed by atoms with E-state index in [0.29, 0.717) is 18.7 Å². The second kappa shape index (κ2) is 6.39. The molecule has 1 aliphatic heterocycles. The smallest absolute Gasteiger partial charge is 0.254 e. The summed E-state index contributed by atoms with van der Waals surface area (Å²) in [6.07, 6.45) is 3.58. The fourth-order valence-corrected chi connectivity index (χ4v) is 3.83. The number of nitrogens with one attached hydrogen (secondary N) is 1. The Hall–Kier alpha value is -3.41. The summed E-state index contributed by atoms with van der Waals surface area (Å²) in [6, 6.07) is 16.0. The Bertz CT molecular complexity index is 1120. The molecule has 0 saturated carbocycles. The highest BCUT2D eigenvalue weighted by atomic mass is 16.2. The first kappa shape index (κ1) is 15.8. The monoisotopic (exact) mass is 357 g/mol. The summed E-state index contributed by atoms with van der Waals surface area (Å²) in [5.41, 5.74) is 3.79. The van der Waals surface area contributed by atoms with Crippen LogP contribution in [-0.4, -0.2) is 52.2 Å². The number of rotatable bonds is 2. The molecule has 0 radical (unpaired) electrons. The van der Waals surface area contributed by atoms with E-state index in [1.807, 2.05) is 47.5 Å². The number of piperazine rings is 1. The Morgan fingerprint density at radius 2 is 1.78 bits per heavy atom. The van der Waals surface area contributed by atoms with Crippen molar-refractivity contribution in [2.45, 2.75) is 0 Å². The van der Waals surface area contributed by atoms with Crippen LogP contribution in [0.3, 0.4) is 0 Å². The van der Waals surface area contributed by atoms with Crippen molar-refractivity contribution in [3.8, 4) is 0 Å². The molecule has 0 unspecified atom stereocenters. The van der Waals surface area contributed by atoms with E-state index in [9.17, 15) is 4.79 Å². The minimum Gasteiger partial charge on any atom is -0.367 e. The number of amides is 1. The summed E-state index contributed by atoms with van der Waals surface area (Å²) in [5, 5.41) is 9.02. The molecule has 1 N–H and O–H groups in total. The number of para-hydroxylation sites is 1. The van der Waals surface area contributed by atoms with Gasteiger partial charge in [-0.2, -0.15) is 5.10 Å². The van der Waals surface area contributed by atoms with E-state index >= 15 is 0 Å². The summed E-state index contributed by atoms with van der Waals surface area (Å²) in [6.45, 7) is 3.01. The van der Waals surface area contributed by atoms with Crippen LogP contribution in [0, 0.1) is 0 Å². The van der Waals surface area contributed by atoms with Gasteiger partial charge in [-0.15, -0.1) is 0 Å². The molecule has 2 aromatic carbocycles. The van der Waals surface area contributed by atoms with Crippen molar-refractivity contribution < 1.29 is 4.79 Å². The molecule has 0 atom stereocenters. The van der Waals surface area contributed by atoms with Crippen LogP contribution in [0.5, 0.6) is 0 Å². The van der Waals surface area contributed by atoms with E-state index in [1.54, 1.807) is 6.20 Å². The minimum atomic E-state index is 0.0706. The van der Waals surface area contributed by atoms with Gasteiger partial charge >= 0.3 is 0 Å². The molecule has 0 spiro atoms. The van der Waals surface area contributed by atoms with E-state index in [-0.39, 0.29) is 5.91 Å². The minimum absolute atomic E-state index is 0.0706. The molecule has 27 heavy (non-hydrogen) atoms. The SMILES string of the molecule is O=C(c1cccc2[nH]ncc12)N1CCN(c2ccnc3ccccc23)CC1. The van der Waals surface area contributed by atoms with Crippen molar-refractivity contribution in [2.24, 2.45) is 0 Å². The molecule has 4 aromatic rings. The van der Waals surface area contributed by atoms with E-state index in [1.165, 1.54) is 5.69 Å². The fourth-order valence-electron chi connectivity index (χ4n) is 3.83. The van der Waals surface area contributed by atoms with E-state index < -0.39 is 0 Å². The maximum Gasteiger partial charge on any atom is 0.254 e. The largest absolute Gasteiger partial charge is 0.367 e. The van der Waals surface area contributed by atoms with Crippen molar-refractivity contribution in [2.75, 3.05) is 31.1 Å². The number of hydrogen-bond acceptors (Lipinski definition) is 4. The number of anilines is 1. The van der Waals surface area contributed by atoms with Gasteiger partial charge in [-0.1, -0.05) is 24.3 Å². The Labute approximate surface area is 156 Å². The first-order valence-electron chi connectivity index (χ1n) is 9.11. The van der Waals surface area contributed by atoms with Crippen LogP contribution in [0.4, 0.5) is 5.69 Å². The third-order valence-electron chi connectivity index (χ3n) is 5.25. The van der Waals surface area contributed by atoms with Gasteiger partial charge < -0.3 is 9.80 Å². The van der Waals surface area contributed by atoms with Gasteiger partial charge in [0, 0.05) is 48.8 Å². The van der Waals surface area contributed by atoms with Crippen LogP contribution >= 0.6 is 0 Å². The van der Waals surface area contributed by atoms with Gasteiger partial charge in [-0.25, -0.2) is 0 Å². The third-order valence-corrected chi connectivity index (χ3v) is 5.25. The summed E-state index contributed by atoms with van der Waals surface area (Å²) < 4.78 is 0. The lowest BCUT2D eigenvalue weighted by Crippen LogP contribution is -2.48. The Balaban J connectivity index is 1.37. The lowest BCUT2D eigenvalue weighted by molar-refractivity contribution is 0.0749. The number of carbonyl (C=O) groups excluding carboxylic acids is 1. The highest BCUT2D eigenvalue weighted by molar-refractivity contribution is 6.06. The van der Waals surface area contributed by atoms with Gasteiger partial charge in [0.2, 0.25) is 0 Å². The zero-order valence-corrected chi connectivity index (χ0v) is 14.8. The molecule has 134 valence electrons. The van der Waals surface area contributed by atoms with Gasteiger partial charge in [0.05, 0.1) is 22.8 Å². The molecule has 0 bridgehead atoms. The summed E-state index contributed by atoms with van der Waals surface area (Å²) in [7, 11) is 0. The van der Waals surface area contributed by atoms with Crippen LogP contribution in [0.1, 0.15) is 10.4 Å². The molecular weight excluding hydrogens is 338 g/mol. The van der Waals surface area contributed by atoms with Crippen molar-refractivity contribution in [1.29, 1.82) is 0 Å². The third kappa shape index (κ3) is 2.70. The number of fused-ring (bicyclic) bond motifs is 2. The summed E-state index contributed by atoms with van der Waals surface area (Å²) in [4.78, 5) is 21.7. The number of aromatic nitrogens is 3. The van der Waals surface area contributed by atoms with Gasteiger partial charge in [-0.05, 0) is 24.3 Å². The lowest BCUT2D eigenvalue weighted by atomic mass is 10.1.